The van der Waals surface area contributed by atoms with Gasteiger partial charge in [0, 0.05) is 32.0 Å². The lowest BCUT2D eigenvalue weighted by atomic mass is 9.98. The summed E-state index contributed by atoms with van der Waals surface area (Å²) in [6.07, 6.45) is -1.33. The van der Waals surface area contributed by atoms with Crippen LogP contribution in [0.5, 0.6) is 0 Å². The molecule has 0 radical (unpaired) electrons. The fraction of sp³-hybridized carbons (Fsp3) is 0.375. The SMILES string of the molecule is COC(CCNC(=O)OCC1c2ccccc2-c2ccccc21)C(=O)NC(C)CC(=O)O. The molecule has 2 aromatic rings. The van der Waals surface area contributed by atoms with Crippen LogP contribution in [-0.4, -0.2) is 55.5 Å². The van der Waals surface area contributed by atoms with E-state index in [1.165, 1.54) is 7.11 Å². The molecule has 0 aromatic heterocycles. The monoisotopic (exact) mass is 440 g/mol. The molecular formula is C24H28N2O6. The molecule has 2 aromatic carbocycles. The molecule has 0 fully saturated rings. The van der Waals surface area contributed by atoms with Gasteiger partial charge in [0.1, 0.15) is 12.7 Å². The number of ether oxygens (including phenoxy) is 2. The number of hydrogen-bond acceptors (Lipinski definition) is 5. The van der Waals surface area contributed by atoms with Crippen molar-refractivity contribution in [2.24, 2.45) is 0 Å². The van der Waals surface area contributed by atoms with Crippen LogP contribution in [-0.2, 0) is 19.1 Å². The third kappa shape index (κ3) is 5.64. The van der Waals surface area contributed by atoms with E-state index in [1.54, 1.807) is 6.92 Å². The summed E-state index contributed by atoms with van der Waals surface area (Å²) >= 11 is 0. The van der Waals surface area contributed by atoms with Crippen molar-refractivity contribution in [1.82, 2.24) is 10.6 Å². The van der Waals surface area contributed by atoms with E-state index in [-0.39, 0.29) is 31.9 Å². The molecule has 0 heterocycles. The highest BCUT2D eigenvalue weighted by atomic mass is 16.5. The molecule has 3 N–H and O–H groups in total. The number of methoxy groups -OCH3 is 1. The van der Waals surface area contributed by atoms with Crippen molar-refractivity contribution in [3.63, 3.8) is 0 Å². The summed E-state index contributed by atoms with van der Waals surface area (Å²) in [5.41, 5.74) is 4.58. The van der Waals surface area contributed by atoms with E-state index in [9.17, 15) is 14.4 Å². The number of hydrogen-bond donors (Lipinski definition) is 3. The lowest BCUT2D eigenvalue weighted by Gasteiger charge is -2.19. The van der Waals surface area contributed by atoms with Gasteiger partial charge < -0.3 is 25.2 Å². The van der Waals surface area contributed by atoms with Gasteiger partial charge in [-0.25, -0.2) is 4.79 Å². The number of carboxylic acids is 1. The van der Waals surface area contributed by atoms with Crippen LogP contribution in [0.1, 0.15) is 36.8 Å². The minimum atomic E-state index is -0.997. The Kier molecular flexibility index (Phi) is 7.83. The lowest BCUT2D eigenvalue weighted by Crippen LogP contribution is -2.43. The van der Waals surface area contributed by atoms with Crippen molar-refractivity contribution >= 4 is 18.0 Å². The largest absolute Gasteiger partial charge is 0.481 e. The first-order chi connectivity index (χ1) is 15.4. The van der Waals surface area contributed by atoms with E-state index < -0.39 is 30.1 Å². The third-order valence-electron chi connectivity index (χ3n) is 5.47. The van der Waals surface area contributed by atoms with Crippen LogP contribution in [0.4, 0.5) is 4.79 Å². The minimum Gasteiger partial charge on any atom is -0.481 e. The normalized spacial score (nSPS) is 14.1. The molecule has 0 saturated carbocycles. The molecule has 1 aliphatic rings. The average Bonchev–Trinajstić information content (AvgIpc) is 3.08. The first-order valence-corrected chi connectivity index (χ1v) is 10.5. The van der Waals surface area contributed by atoms with Crippen LogP contribution in [0.3, 0.4) is 0 Å². The molecule has 3 rings (SSSR count). The van der Waals surface area contributed by atoms with Gasteiger partial charge in [0.05, 0.1) is 6.42 Å². The number of amides is 2. The second-order valence-corrected chi connectivity index (χ2v) is 7.77. The number of carbonyl (C=O) groups is 3. The molecule has 0 saturated heterocycles. The van der Waals surface area contributed by atoms with Gasteiger partial charge in [-0.1, -0.05) is 48.5 Å². The number of alkyl carbamates (subject to hydrolysis) is 1. The number of nitrogens with one attached hydrogen (secondary N) is 2. The molecule has 32 heavy (non-hydrogen) atoms. The maximum atomic E-state index is 12.2. The molecule has 2 amide bonds. The van der Waals surface area contributed by atoms with Crippen LogP contribution >= 0.6 is 0 Å². The van der Waals surface area contributed by atoms with Gasteiger partial charge in [-0.2, -0.15) is 0 Å². The topological polar surface area (TPSA) is 114 Å². The van der Waals surface area contributed by atoms with Gasteiger partial charge >= 0.3 is 12.1 Å². The summed E-state index contributed by atoms with van der Waals surface area (Å²) in [6.45, 7) is 1.99. The predicted molar refractivity (Wildman–Crippen MR) is 118 cm³/mol. The third-order valence-corrected chi connectivity index (χ3v) is 5.47. The Morgan fingerprint density at radius 2 is 1.62 bits per heavy atom. The minimum absolute atomic E-state index is 0.0265. The number of aliphatic carboxylic acids is 1. The highest BCUT2D eigenvalue weighted by molar-refractivity contribution is 5.82. The Morgan fingerprint density at radius 1 is 1.03 bits per heavy atom. The van der Waals surface area contributed by atoms with Crippen LogP contribution in [0.15, 0.2) is 48.5 Å². The van der Waals surface area contributed by atoms with Gasteiger partial charge in [-0.15, -0.1) is 0 Å². The maximum absolute atomic E-state index is 12.2. The Hall–Kier alpha value is -3.39. The number of carbonyl (C=O) groups excluding carboxylic acids is 2. The Bertz CT molecular complexity index is 931. The van der Waals surface area contributed by atoms with E-state index in [4.69, 9.17) is 14.6 Å². The molecule has 0 bridgehead atoms. The number of rotatable bonds is 10. The summed E-state index contributed by atoms with van der Waals surface area (Å²) < 4.78 is 10.6. The summed E-state index contributed by atoms with van der Waals surface area (Å²) in [5.74, 6) is -1.44. The predicted octanol–water partition coefficient (Wildman–Crippen LogP) is 2.91. The van der Waals surface area contributed by atoms with Crippen molar-refractivity contribution in [3.05, 3.63) is 59.7 Å². The second kappa shape index (κ2) is 10.8. The second-order valence-electron chi connectivity index (χ2n) is 7.77. The summed E-state index contributed by atoms with van der Waals surface area (Å²) in [6, 6.07) is 15.7. The lowest BCUT2D eigenvalue weighted by molar-refractivity contribution is -0.138. The van der Waals surface area contributed by atoms with Gasteiger partial charge in [0.2, 0.25) is 5.91 Å². The molecular weight excluding hydrogens is 412 g/mol. The zero-order valence-corrected chi connectivity index (χ0v) is 18.2. The highest BCUT2D eigenvalue weighted by Gasteiger charge is 2.29. The summed E-state index contributed by atoms with van der Waals surface area (Å²) in [7, 11) is 1.39. The van der Waals surface area contributed by atoms with Gasteiger partial charge in [0.15, 0.2) is 0 Å². The molecule has 0 aliphatic heterocycles. The van der Waals surface area contributed by atoms with Crippen LogP contribution in [0, 0.1) is 0 Å². The fourth-order valence-electron chi connectivity index (χ4n) is 3.96. The molecule has 170 valence electrons. The van der Waals surface area contributed by atoms with Crippen molar-refractivity contribution in [2.75, 3.05) is 20.3 Å². The summed E-state index contributed by atoms with van der Waals surface area (Å²) in [4.78, 5) is 35.2. The zero-order chi connectivity index (χ0) is 23.1. The summed E-state index contributed by atoms with van der Waals surface area (Å²) in [5, 5.41) is 14.0. The number of benzene rings is 2. The first kappa shape index (κ1) is 23.3. The van der Waals surface area contributed by atoms with E-state index in [1.807, 2.05) is 24.3 Å². The molecule has 2 atom stereocenters. The highest BCUT2D eigenvalue weighted by Crippen LogP contribution is 2.44. The number of fused-ring (bicyclic) bond motifs is 3. The van der Waals surface area contributed by atoms with Gasteiger partial charge in [-0.05, 0) is 29.2 Å². The smallest absolute Gasteiger partial charge is 0.407 e. The van der Waals surface area contributed by atoms with E-state index >= 15 is 0 Å². The standard InChI is InChI=1S/C24H28N2O6/c1-15(13-22(27)28)26-23(29)21(31-2)11-12-25-24(30)32-14-20-18-9-5-3-7-16(18)17-8-4-6-10-19(17)20/h3-10,15,20-21H,11-14H2,1-2H3,(H,25,30)(H,26,29)(H,27,28). The van der Waals surface area contributed by atoms with Crippen LogP contribution in [0.2, 0.25) is 0 Å². The van der Waals surface area contributed by atoms with Crippen molar-refractivity contribution < 1.29 is 29.0 Å². The van der Waals surface area contributed by atoms with Crippen molar-refractivity contribution in [2.45, 2.75) is 37.8 Å². The Labute approximate surface area is 186 Å². The van der Waals surface area contributed by atoms with Gasteiger partial charge in [0.25, 0.3) is 0 Å². The van der Waals surface area contributed by atoms with E-state index in [0.29, 0.717) is 0 Å². The van der Waals surface area contributed by atoms with Crippen molar-refractivity contribution in [1.29, 1.82) is 0 Å². The van der Waals surface area contributed by atoms with E-state index in [0.717, 1.165) is 22.3 Å². The molecule has 1 aliphatic carbocycles. The van der Waals surface area contributed by atoms with Crippen LogP contribution < -0.4 is 10.6 Å². The number of carboxylic acid groups (broad SMARTS) is 1. The van der Waals surface area contributed by atoms with Gasteiger partial charge in [-0.3, -0.25) is 9.59 Å². The first-order valence-electron chi connectivity index (χ1n) is 10.5. The van der Waals surface area contributed by atoms with E-state index in [2.05, 4.69) is 34.9 Å². The van der Waals surface area contributed by atoms with Crippen LogP contribution in [0.25, 0.3) is 11.1 Å². The Morgan fingerprint density at radius 3 is 2.19 bits per heavy atom. The average molecular weight is 440 g/mol. The molecule has 8 nitrogen and oxygen atoms in total. The van der Waals surface area contributed by atoms with Crippen molar-refractivity contribution in [3.8, 4) is 11.1 Å². The Balaban J connectivity index is 1.47. The maximum Gasteiger partial charge on any atom is 0.407 e. The molecule has 0 spiro atoms. The fourth-order valence-corrected chi connectivity index (χ4v) is 3.96. The quantitative estimate of drug-likeness (QED) is 0.524. The molecule has 8 heteroatoms. The zero-order valence-electron chi connectivity index (χ0n) is 18.2. The molecule has 2 unspecified atom stereocenters.